The summed E-state index contributed by atoms with van der Waals surface area (Å²) in [7, 11) is 0. The molecule has 0 saturated carbocycles. The summed E-state index contributed by atoms with van der Waals surface area (Å²) in [6, 6.07) is 23.7. The molecule has 0 aliphatic carbocycles. The number of fused-ring (bicyclic) bond motifs is 1. The first-order valence-corrected chi connectivity index (χ1v) is 12.5. The number of rotatable bonds is 8. The van der Waals surface area contributed by atoms with E-state index in [1.807, 2.05) is 79.1 Å². The Hall–Kier alpha value is -2.74. The highest BCUT2D eigenvalue weighted by Crippen LogP contribution is 2.25. The summed E-state index contributed by atoms with van der Waals surface area (Å²) in [6.07, 6.45) is 3.67. The van der Waals surface area contributed by atoms with Crippen LogP contribution in [-0.4, -0.2) is 33.7 Å². The van der Waals surface area contributed by atoms with Crippen LogP contribution in [-0.2, 0) is 11.3 Å². The molecule has 1 aromatic heterocycles. The molecule has 0 aliphatic heterocycles. The van der Waals surface area contributed by atoms with Crippen molar-refractivity contribution in [1.82, 2.24) is 15.0 Å². The third kappa shape index (κ3) is 5.73. The maximum Gasteiger partial charge on any atom is 0.250 e. The van der Waals surface area contributed by atoms with E-state index in [1.165, 1.54) is 16.7 Å². The summed E-state index contributed by atoms with van der Waals surface area (Å²) in [5.74, 6) is 0.0317. The van der Waals surface area contributed by atoms with Crippen LogP contribution in [0.2, 0.25) is 5.02 Å². The minimum Gasteiger partial charge on any atom is -0.314 e. The van der Waals surface area contributed by atoms with Crippen LogP contribution in [0.4, 0.5) is 0 Å². The number of hydrogen-bond acceptors (Lipinski definition) is 5. The van der Waals surface area contributed by atoms with Crippen molar-refractivity contribution in [2.24, 2.45) is 5.10 Å². The Bertz CT molecular complexity index is 1240. The molecule has 4 aromatic rings. The van der Waals surface area contributed by atoms with Crippen molar-refractivity contribution >= 4 is 58.3 Å². The lowest BCUT2D eigenvalue weighted by Gasteiger charge is -2.09. The van der Waals surface area contributed by atoms with Gasteiger partial charge in [0.15, 0.2) is 5.16 Å². The van der Waals surface area contributed by atoms with Crippen LogP contribution in [0.25, 0.3) is 11.0 Å². The number of nitrogens with zero attached hydrogens (tertiary/aromatic N) is 3. The molecule has 8 heteroatoms. The second kappa shape index (κ2) is 10.7. The quantitative estimate of drug-likeness (QED) is 0.199. The molecule has 32 heavy (non-hydrogen) atoms. The predicted molar refractivity (Wildman–Crippen MR) is 135 cm³/mol. The lowest BCUT2D eigenvalue weighted by atomic mass is 10.2. The Morgan fingerprint density at radius 1 is 1.09 bits per heavy atom. The van der Waals surface area contributed by atoms with Gasteiger partial charge in [0.1, 0.15) is 0 Å². The van der Waals surface area contributed by atoms with Gasteiger partial charge in [-0.25, -0.2) is 10.4 Å². The van der Waals surface area contributed by atoms with E-state index in [0.29, 0.717) is 11.6 Å². The molecule has 0 bridgehead atoms. The number of hydrogen-bond donors (Lipinski definition) is 1. The number of nitrogens with one attached hydrogen (secondary N) is 1. The van der Waals surface area contributed by atoms with Gasteiger partial charge in [-0.3, -0.25) is 4.79 Å². The van der Waals surface area contributed by atoms with Crippen LogP contribution in [0.5, 0.6) is 0 Å². The molecule has 0 unspecified atom stereocenters. The van der Waals surface area contributed by atoms with Gasteiger partial charge in [-0.15, -0.1) is 11.8 Å². The molecular weight excluding hydrogens is 460 g/mol. The fourth-order valence-corrected chi connectivity index (χ4v) is 4.46. The molecule has 3 aromatic carbocycles. The highest BCUT2D eigenvalue weighted by Gasteiger charge is 2.13. The van der Waals surface area contributed by atoms with Crippen LogP contribution < -0.4 is 5.43 Å². The molecule has 0 aliphatic rings. The zero-order valence-electron chi connectivity index (χ0n) is 17.4. The summed E-state index contributed by atoms with van der Waals surface area (Å²) >= 11 is 9.09. The lowest BCUT2D eigenvalue weighted by Crippen LogP contribution is -2.20. The monoisotopic (exact) mass is 480 g/mol. The molecule has 0 spiro atoms. The standard InChI is InChI=1S/C24H21ClN4OS2/c1-31-20-12-8-17(9-13-20)14-26-28-23(30)16-32-24-27-21-4-2-3-5-22(21)29(24)15-18-6-10-19(25)11-7-18/h2-14H,15-16H2,1H3,(H,28,30)/b26-14+. The minimum atomic E-state index is -0.183. The van der Waals surface area contributed by atoms with Gasteiger partial charge in [-0.05, 0) is 53.8 Å². The number of para-hydroxylation sites is 2. The number of benzene rings is 3. The van der Waals surface area contributed by atoms with Gasteiger partial charge in [0.2, 0.25) is 0 Å². The van der Waals surface area contributed by atoms with Gasteiger partial charge >= 0.3 is 0 Å². The zero-order valence-corrected chi connectivity index (χ0v) is 19.8. The molecule has 4 rings (SSSR count). The molecule has 1 N–H and O–H groups in total. The average Bonchev–Trinajstić information content (AvgIpc) is 3.17. The number of thioether (sulfide) groups is 2. The number of imidazole rings is 1. The Morgan fingerprint density at radius 2 is 1.84 bits per heavy atom. The first-order valence-electron chi connectivity index (χ1n) is 9.91. The average molecular weight is 481 g/mol. The first kappa shape index (κ1) is 22.5. The fraction of sp³-hybridized carbons (Fsp3) is 0.125. The topological polar surface area (TPSA) is 59.3 Å². The maximum absolute atomic E-state index is 12.3. The number of aromatic nitrogens is 2. The van der Waals surface area contributed by atoms with Crippen LogP contribution in [0.1, 0.15) is 11.1 Å². The Morgan fingerprint density at radius 3 is 2.59 bits per heavy atom. The normalized spacial score (nSPS) is 11.3. The molecule has 1 heterocycles. The summed E-state index contributed by atoms with van der Waals surface area (Å²) in [5, 5.41) is 5.56. The van der Waals surface area contributed by atoms with Gasteiger partial charge in [0, 0.05) is 9.92 Å². The van der Waals surface area contributed by atoms with E-state index in [0.717, 1.165) is 27.3 Å². The first-order chi connectivity index (χ1) is 15.6. The van der Waals surface area contributed by atoms with E-state index >= 15 is 0 Å². The van der Waals surface area contributed by atoms with Gasteiger partial charge in [-0.1, -0.05) is 59.8 Å². The third-order valence-corrected chi connectivity index (χ3v) is 6.70. The van der Waals surface area contributed by atoms with Crippen molar-refractivity contribution in [2.75, 3.05) is 12.0 Å². The zero-order chi connectivity index (χ0) is 22.3. The van der Waals surface area contributed by atoms with E-state index in [4.69, 9.17) is 16.6 Å². The SMILES string of the molecule is CSc1ccc(/C=N/NC(=O)CSc2nc3ccccc3n2Cc2ccc(Cl)cc2)cc1. The predicted octanol–water partition coefficient (Wildman–Crippen LogP) is 5.70. The van der Waals surface area contributed by atoms with Crippen molar-refractivity contribution < 1.29 is 4.79 Å². The third-order valence-electron chi connectivity index (χ3n) is 4.72. The summed E-state index contributed by atoms with van der Waals surface area (Å²) in [5.41, 5.74) is 6.56. The summed E-state index contributed by atoms with van der Waals surface area (Å²) in [6.45, 7) is 0.645. The van der Waals surface area contributed by atoms with Crippen molar-refractivity contribution in [3.05, 3.63) is 88.9 Å². The molecular formula is C24H21ClN4OS2. The highest BCUT2D eigenvalue weighted by molar-refractivity contribution is 7.99. The van der Waals surface area contributed by atoms with E-state index in [9.17, 15) is 4.79 Å². The Kier molecular flexibility index (Phi) is 7.52. The second-order valence-electron chi connectivity index (χ2n) is 6.95. The summed E-state index contributed by atoms with van der Waals surface area (Å²) in [4.78, 5) is 18.2. The van der Waals surface area contributed by atoms with Crippen LogP contribution in [0, 0.1) is 0 Å². The Labute approximate surface area is 200 Å². The van der Waals surface area contributed by atoms with E-state index in [1.54, 1.807) is 18.0 Å². The molecule has 0 radical (unpaired) electrons. The smallest absolute Gasteiger partial charge is 0.250 e. The van der Waals surface area contributed by atoms with E-state index in [-0.39, 0.29) is 11.7 Å². The van der Waals surface area contributed by atoms with Gasteiger partial charge in [0.05, 0.1) is 29.5 Å². The van der Waals surface area contributed by atoms with Crippen molar-refractivity contribution in [3.8, 4) is 0 Å². The Balaban J connectivity index is 1.42. The van der Waals surface area contributed by atoms with E-state index < -0.39 is 0 Å². The number of hydrazone groups is 1. The van der Waals surface area contributed by atoms with Crippen molar-refractivity contribution in [2.45, 2.75) is 16.6 Å². The summed E-state index contributed by atoms with van der Waals surface area (Å²) < 4.78 is 2.12. The van der Waals surface area contributed by atoms with Crippen LogP contribution in [0.3, 0.4) is 0 Å². The number of amides is 1. The maximum atomic E-state index is 12.3. The number of carbonyl (C=O) groups excluding carboxylic acids is 1. The molecule has 5 nitrogen and oxygen atoms in total. The molecule has 0 saturated heterocycles. The lowest BCUT2D eigenvalue weighted by molar-refractivity contribution is -0.118. The van der Waals surface area contributed by atoms with Gasteiger partial charge < -0.3 is 4.57 Å². The van der Waals surface area contributed by atoms with Crippen molar-refractivity contribution in [3.63, 3.8) is 0 Å². The molecule has 162 valence electrons. The van der Waals surface area contributed by atoms with Crippen LogP contribution in [0.15, 0.2) is 87.9 Å². The molecule has 1 amide bonds. The highest BCUT2D eigenvalue weighted by atomic mass is 35.5. The largest absolute Gasteiger partial charge is 0.314 e. The fourth-order valence-electron chi connectivity index (χ4n) is 3.12. The minimum absolute atomic E-state index is 0.183. The molecule has 0 fully saturated rings. The number of carbonyl (C=O) groups is 1. The van der Waals surface area contributed by atoms with Crippen LogP contribution >= 0.6 is 35.1 Å². The van der Waals surface area contributed by atoms with Gasteiger partial charge in [-0.2, -0.15) is 5.10 Å². The van der Waals surface area contributed by atoms with Crippen molar-refractivity contribution in [1.29, 1.82) is 0 Å². The van der Waals surface area contributed by atoms with Gasteiger partial charge in [0.25, 0.3) is 5.91 Å². The number of halogens is 1. The van der Waals surface area contributed by atoms with E-state index in [2.05, 4.69) is 15.1 Å². The second-order valence-corrected chi connectivity index (χ2v) is 9.21. The molecule has 0 atom stereocenters.